The van der Waals surface area contributed by atoms with E-state index in [1.54, 1.807) is 0 Å². The summed E-state index contributed by atoms with van der Waals surface area (Å²) in [5.74, 6) is 0. The number of anilines is 1. The van der Waals surface area contributed by atoms with Crippen molar-refractivity contribution in [2.24, 2.45) is 0 Å². The molecule has 0 radical (unpaired) electrons. The van der Waals surface area contributed by atoms with E-state index >= 15 is 0 Å². The Morgan fingerprint density at radius 3 is 2.19 bits per heavy atom. The minimum Gasteiger partial charge on any atom is -0.395 e. The lowest BCUT2D eigenvalue weighted by atomic mass is 10.1. The minimum absolute atomic E-state index is 0.0791. The molecule has 2 N–H and O–H groups in total. The molecule has 0 aliphatic heterocycles. The second kappa shape index (κ2) is 7.81. The molecule has 1 atom stereocenters. The highest BCUT2D eigenvalue weighted by Gasteiger charge is 2.08. The zero-order chi connectivity index (χ0) is 15.1. The zero-order valence-electron chi connectivity index (χ0n) is 12.8. The van der Waals surface area contributed by atoms with Gasteiger partial charge in [0, 0.05) is 32.4 Å². The molecule has 0 heterocycles. The highest BCUT2D eigenvalue weighted by molar-refractivity contribution is 5.46. The van der Waals surface area contributed by atoms with Gasteiger partial charge in [0.2, 0.25) is 0 Å². The van der Waals surface area contributed by atoms with E-state index in [0.29, 0.717) is 0 Å². The Morgan fingerprint density at radius 2 is 1.62 bits per heavy atom. The first-order valence-corrected chi connectivity index (χ1v) is 7.33. The second-order valence-electron chi connectivity index (χ2n) is 5.51. The van der Waals surface area contributed by atoms with Crippen LogP contribution in [0.25, 0.3) is 0 Å². The summed E-state index contributed by atoms with van der Waals surface area (Å²) in [6, 6.07) is 18.8. The summed E-state index contributed by atoms with van der Waals surface area (Å²) in [6.45, 7) is 0.921. The molecular weight excluding hydrogens is 260 g/mol. The molecule has 2 rings (SSSR count). The first-order valence-electron chi connectivity index (χ1n) is 7.33. The fourth-order valence-corrected chi connectivity index (χ4v) is 2.27. The quantitative estimate of drug-likeness (QED) is 0.820. The molecule has 0 aliphatic carbocycles. The molecule has 0 aromatic heterocycles. The van der Waals surface area contributed by atoms with Crippen molar-refractivity contribution in [3.05, 3.63) is 65.7 Å². The van der Waals surface area contributed by atoms with Crippen LogP contribution in [0.1, 0.15) is 11.1 Å². The number of nitrogens with zero attached hydrogens (tertiary/aromatic N) is 1. The van der Waals surface area contributed by atoms with Crippen molar-refractivity contribution in [3.63, 3.8) is 0 Å². The summed E-state index contributed by atoms with van der Waals surface area (Å²) in [7, 11) is 4.07. The molecule has 0 amide bonds. The predicted octanol–water partition coefficient (Wildman–Crippen LogP) is 2.45. The van der Waals surface area contributed by atoms with Crippen LogP contribution in [-0.2, 0) is 13.0 Å². The summed E-state index contributed by atoms with van der Waals surface area (Å²) in [5, 5.41) is 12.9. The van der Waals surface area contributed by atoms with Crippen LogP contribution in [0.2, 0.25) is 0 Å². The standard InChI is InChI=1S/C18H24N2O/c1-20(2)18-10-8-15(9-11-18)12-17(14-21)19-13-16-6-4-3-5-7-16/h3-11,17,19,21H,12-14H2,1-2H3/t17-/m0/s1. The third kappa shape index (κ3) is 4.88. The van der Waals surface area contributed by atoms with Gasteiger partial charge in [-0.05, 0) is 29.7 Å². The number of benzene rings is 2. The van der Waals surface area contributed by atoms with Crippen molar-refractivity contribution in [2.75, 3.05) is 25.6 Å². The van der Waals surface area contributed by atoms with E-state index in [1.165, 1.54) is 16.8 Å². The van der Waals surface area contributed by atoms with Crippen LogP contribution >= 0.6 is 0 Å². The Bertz CT molecular complexity index is 523. The minimum atomic E-state index is 0.0791. The molecule has 21 heavy (non-hydrogen) atoms. The van der Waals surface area contributed by atoms with Crippen molar-refractivity contribution in [1.29, 1.82) is 0 Å². The molecule has 3 heteroatoms. The maximum atomic E-state index is 9.54. The fraction of sp³-hybridized carbons (Fsp3) is 0.333. The third-order valence-corrected chi connectivity index (χ3v) is 3.59. The van der Waals surface area contributed by atoms with Gasteiger partial charge >= 0.3 is 0 Å². The largest absolute Gasteiger partial charge is 0.395 e. The van der Waals surface area contributed by atoms with E-state index in [0.717, 1.165) is 13.0 Å². The molecule has 0 fully saturated rings. The Kier molecular flexibility index (Phi) is 5.78. The van der Waals surface area contributed by atoms with Gasteiger partial charge in [-0.15, -0.1) is 0 Å². The molecular formula is C18H24N2O. The molecule has 112 valence electrons. The lowest BCUT2D eigenvalue weighted by Gasteiger charge is -2.17. The van der Waals surface area contributed by atoms with Crippen LogP contribution in [0.5, 0.6) is 0 Å². The van der Waals surface area contributed by atoms with Crippen LogP contribution in [0.4, 0.5) is 5.69 Å². The zero-order valence-corrected chi connectivity index (χ0v) is 12.8. The maximum Gasteiger partial charge on any atom is 0.0587 e. The molecule has 0 spiro atoms. The van der Waals surface area contributed by atoms with Gasteiger partial charge in [-0.25, -0.2) is 0 Å². The van der Waals surface area contributed by atoms with Crippen molar-refractivity contribution < 1.29 is 5.11 Å². The third-order valence-electron chi connectivity index (χ3n) is 3.59. The predicted molar refractivity (Wildman–Crippen MR) is 88.6 cm³/mol. The Hall–Kier alpha value is -1.84. The van der Waals surface area contributed by atoms with Gasteiger partial charge in [0.1, 0.15) is 0 Å². The van der Waals surface area contributed by atoms with Crippen LogP contribution in [-0.4, -0.2) is 31.9 Å². The van der Waals surface area contributed by atoms with Gasteiger partial charge in [-0.1, -0.05) is 42.5 Å². The van der Waals surface area contributed by atoms with Crippen LogP contribution in [0, 0.1) is 0 Å². The normalized spacial score (nSPS) is 12.1. The van der Waals surface area contributed by atoms with E-state index in [1.807, 2.05) is 32.3 Å². The van der Waals surface area contributed by atoms with Gasteiger partial charge in [0.25, 0.3) is 0 Å². The van der Waals surface area contributed by atoms with Gasteiger partial charge in [0.15, 0.2) is 0 Å². The molecule has 0 unspecified atom stereocenters. The topological polar surface area (TPSA) is 35.5 Å². The Morgan fingerprint density at radius 1 is 0.952 bits per heavy atom. The number of aliphatic hydroxyl groups excluding tert-OH is 1. The van der Waals surface area contributed by atoms with Gasteiger partial charge < -0.3 is 15.3 Å². The van der Waals surface area contributed by atoms with E-state index in [4.69, 9.17) is 0 Å². The average Bonchev–Trinajstić information content (AvgIpc) is 2.53. The Balaban J connectivity index is 1.89. The molecule has 0 saturated carbocycles. The lowest BCUT2D eigenvalue weighted by molar-refractivity contribution is 0.241. The molecule has 0 saturated heterocycles. The van der Waals surface area contributed by atoms with E-state index in [-0.39, 0.29) is 12.6 Å². The summed E-state index contributed by atoms with van der Waals surface area (Å²) in [4.78, 5) is 2.08. The number of hydrogen-bond acceptors (Lipinski definition) is 3. The van der Waals surface area contributed by atoms with Gasteiger partial charge in [-0.2, -0.15) is 0 Å². The number of hydrogen-bond donors (Lipinski definition) is 2. The Labute approximate surface area is 127 Å². The number of rotatable bonds is 7. The summed E-state index contributed by atoms with van der Waals surface area (Å²) < 4.78 is 0. The molecule has 2 aromatic carbocycles. The SMILES string of the molecule is CN(C)c1ccc(C[C@@H](CO)NCc2ccccc2)cc1. The summed E-state index contributed by atoms with van der Waals surface area (Å²) in [5.41, 5.74) is 3.66. The monoisotopic (exact) mass is 284 g/mol. The fourth-order valence-electron chi connectivity index (χ4n) is 2.27. The van der Waals surface area contributed by atoms with Gasteiger partial charge in [-0.3, -0.25) is 0 Å². The average molecular weight is 284 g/mol. The number of aliphatic hydroxyl groups is 1. The highest BCUT2D eigenvalue weighted by Crippen LogP contribution is 2.13. The summed E-state index contributed by atoms with van der Waals surface area (Å²) in [6.07, 6.45) is 0.830. The van der Waals surface area contributed by atoms with Crippen molar-refractivity contribution >= 4 is 5.69 Å². The van der Waals surface area contributed by atoms with E-state index in [9.17, 15) is 5.11 Å². The maximum absolute atomic E-state index is 9.54. The number of nitrogens with one attached hydrogen (secondary N) is 1. The lowest BCUT2D eigenvalue weighted by Crippen LogP contribution is -2.34. The first-order chi connectivity index (χ1) is 10.2. The molecule has 0 aliphatic rings. The smallest absolute Gasteiger partial charge is 0.0587 e. The summed E-state index contributed by atoms with van der Waals surface area (Å²) >= 11 is 0. The molecule has 2 aromatic rings. The van der Waals surface area contributed by atoms with Crippen molar-refractivity contribution in [3.8, 4) is 0 Å². The highest BCUT2D eigenvalue weighted by atomic mass is 16.3. The van der Waals surface area contributed by atoms with Crippen LogP contribution in [0.15, 0.2) is 54.6 Å². The van der Waals surface area contributed by atoms with Crippen LogP contribution in [0.3, 0.4) is 0 Å². The van der Waals surface area contributed by atoms with Crippen LogP contribution < -0.4 is 10.2 Å². The molecule has 3 nitrogen and oxygen atoms in total. The van der Waals surface area contributed by atoms with E-state index < -0.39 is 0 Å². The van der Waals surface area contributed by atoms with Crippen molar-refractivity contribution in [1.82, 2.24) is 5.32 Å². The van der Waals surface area contributed by atoms with E-state index in [2.05, 4.69) is 46.6 Å². The van der Waals surface area contributed by atoms with Gasteiger partial charge in [0.05, 0.1) is 6.61 Å². The molecule has 0 bridgehead atoms. The second-order valence-corrected chi connectivity index (χ2v) is 5.51. The first kappa shape index (κ1) is 15.5. The van der Waals surface area contributed by atoms with Crippen molar-refractivity contribution in [2.45, 2.75) is 19.0 Å².